The van der Waals surface area contributed by atoms with Gasteiger partial charge in [0.15, 0.2) is 0 Å². The lowest BCUT2D eigenvalue weighted by Gasteiger charge is -2.08. The van der Waals surface area contributed by atoms with Gasteiger partial charge >= 0.3 is 0 Å². The van der Waals surface area contributed by atoms with E-state index in [1.807, 2.05) is 14.1 Å². The van der Waals surface area contributed by atoms with E-state index in [4.69, 9.17) is 0 Å². The molecule has 3 nitrogen and oxygen atoms in total. The summed E-state index contributed by atoms with van der Waals surface area (Å²) in [6.07, 6.45) is 1.61. The maximum absolute atomic E-state index is 9.26. The van der Waals surface area contributed by atoms with Crippen molar-refractivity contribution in [2.45, 2.75) is 18.8 Å². The molecule has 0 amide bonds. The number of hydrogen-bond acceptors (Lipinski definition) is 3. The van der Waals surface area contributed by atoms with Gasteiger partial charge in [0, 0.05) is 20.3 Å². The van der Waals surface area contributed by atoms with Gasteiger partial charge in [0.1, 0.15) is 0 Å². The van der Waals surface area contributed by atoms with Crippen LogP contribution in [0, 0.1) is 0 Å². The predicted octanol–water partition coefficient (Wildman–Crippen LogP) is -0.0794. The Hall–Kier alpha value is -0.353. The summed E-state index contributed by atoms with van der Waals surface area (Å²) in [5.74, 6) is 0. The number of hydrazone groups is 1. The SMILES string of the molecule is CN(C)N=CC(O)[SiH](C)C. The quantitative estimate of drug-likeness (QED) is 0.356. The molecule has 0 aliphatic carbocycles. The fourth-order valence-corrected chi connectivity index (χ4v) is 0.795. The number of nitrogens with zero attached hydrogens (tertiary/aromatic N) is 2. The van der Waals surface area contributed by atoms with Crippen molar-refractivity contribution < 1.29 is 5.11 Å². The van der Waals surface area contributed by atoms with E-state index in [0.29, 0.717) is 0 Å². The Bertz CT molecular complexity index is 114. The molecular formula is C6H16N2OSi. The summed E-state index contributed by atoms with van der Waals surface area (Å²) < 4.78 is 0. The Morgan fingerprint density at radius 2 is 2.00 bits per heavy atom. The van der Waals surface area contributed by atoms with Crippen LogP contribution in [0.2, 0.25) is 13.1 Å². The normalized spacial score (nSPS) is 14.6. The van der Waals surface area contributed by atoms with Crippen LogP contribution in [0.1, 0.15) is 0 Å². The molecule has 0 aromatic carbocycles. The lowest BCUT2D eigenvalue weighted by Crippen LogP contribution is -2.26. The van der Waals surface area contributed by atoms with E-state index >= 15 is 0 Å². The largest absolute Gasteiger partial charge is 0.391 e. The van der Waals surface area contributed by atoms with Gasteiger partial charge in [-0.15, -0.1) is 0 Å². The van der Waals surface area contributed by atoms with Crippen molar-refractivity contribution in [1.29, 1.82) is 0 Å². The van der Waals surface area contributed by atoms with Gasteiger partial charge < -0.3 is 10.1 Å². The molecule has 0 heterocycles. The van der Waals surface area contributed by atoms with E-state index in [0.717, 1.165) is 0 Å². The van der Waals surface area contributed by atoms with Crippen LogP contribution in [0.5, 0.6) is 0 Å². The minimum absolute atomic E-state index is 0.289. The predicted molar refractivity (Wildman–Crippen MR) is 47.1 cm³/mol. The van der Waals surface area contributed by atoms with Crippen LogP contribution in [-0.2, 0) is 0 Å². The Morgan fingerprint density at radius 1 is 1.50 bits per heavy atom. The maximum Gasteiger partial charge on any atom is 0.0769 e. The molecule has 0 aromatic rings. The topological polar surface area (TPSA) is 35.8 Å². The molecule has 1 N–H and O–H groups in total. The summed E-state index contributed by atoms with van der Waals surface area (Å²) in [6.45, 7) is 4.18. The maximum atomic E-state index is 9.26. The van der Waals surface area contributed by atoms with Gasteiger partial charge in [0.25, 0.3) is 0 Å². The second-order valence-electron chi connectivity index (χ2n) is 2.85. The molecule has 0 radical (unpaired) electrons. The highest BCUT2D eigenvalue weighted by Crippen LogP contribution is 1.87. The molecule has 1 unspecified atom stereocenters. The third kappa shape index (κ3) is 4.52. The molecule has 0 bridgehead atoms. The molecular weight excluding hydrogens is 144 g/mol. The second kappa shape index (κ2) is 4.46. The van der Waals surface area contributed by atoms with Crippen molar-refractivity contribution in [2.24, 2.45) is 5.10 Å². The highest BCUT2D eigenvalue weighted by atomic mass is 28.3. The minimum atomic E-state index is -0.944. The smallest absolute Gasteiger partial charge is 0.0769 e. The van der Waals surface area contributed by atoms with Crippen LogP contribution in [0.15, 0.2) is 5.10 Å². The first-order valence-electron chi connectivity index (χ1n) is 3.43. The van der Waals surface area contributed by atoms with E-state index in [1.165, 1.54) is 0 Å². The van der Waals surface area contributed by atoms with Gasteiger partial charge in [0.05, 0.1) is 14.5 Å². The average molecular weight is 160 g/mol. The third-order valence-corrected chi connectivity index (χ3v) is 2.67. The van der Waals surface area contributed by atoms with Crippen LogP contribution < -0.4 is 0 Å². The van der Waals surface area contributed by atoms with E-state index in [2.05, 4.69) is 18.2 Å². The van der Waals surface area contributed by atoms with Gasteiger partial charge in [-0.3, -0.25) is 0 Å². The summed E-state index contributed by atoms with van der Waals surface area (Å²) in [6, 6.07) is 0. The summed E-state index contributed by atoms with van der Waals surface area (Å²) >= 11 is 0. The van der Waals surface area contributed by atoms with Gasteiger partial charge in [-0.1, -0.05) is 13.1 Å². The van der Waals surface area contributed by atoms with Crippen molar-refractivity contribution in [3.8, 4) is 0 Å². The number of aliphatic hydroxyl groups is 1. The standard InChI is InChI=1S/C6H16N2OSi/c1-8(2)7-5-6(9)10(3)4/h5-6,9-10H,1-4H3. The van der Waals surface area contributed by atoms with Crippen molar-refractivity contribution in [3.05, 3.63) is 0 Å². The van der Waals surface area contributed by atoms with Gasteiger partial charge in [0.2, 0.25) is 0 Å². The zero-order chi connectivity index (χ0) is 8.15. The molecule has 1 atom stereocenters. The molecule has 0 aliphatic heterocycles. The number of hydrogen-bond donors (Lipinski definition) is 1. The first kappa shape index (κ1) is 9.65. The van der Waals surface area contributed by atoms with Crippen LogP contribution in [0.4, 0.5) is 0 Å². The molecule has 4 heteroatoms. The first-order valence-corrected chi connectivity index (χ1v) is 6.41. The van der Waals surface area contributed by atoms with Gasteiger partial charge in [-0.05, 0) is 0 Å². The van der Waals surface area contributed by atoms with E-state index in [9.17, 15) is 5.11 Å². The fourth-order valence-electron chi connectivity index (χ4n) is 0.374. The number of rotatable bonds is 3. The summed E-state index contributed by atoms with van der Waals surface area (Å²) in [7, 11) is 2.73. The van der Waals surface area contributed by atoms with E-state index in [1.54, 1.807) is 11.2 Å². The van der Waals surface area contributed by atoms with Crippen molar-refractivity contribution >= 4 is 15.0 Å². The number of aliphatic hydroxyl groups excluding tert-OH is 1. The average Bonchev–Trinajstić information content (AvgIpc) is 1.82. The molecule has 60 valence electrons. The lowest BCUT2D eigenvalue weighted by atomic mass is 10.8. The van der Waals surface area contributed by atoms with Crippen LogP contribution in [-0.4, -0.2) is 44.9 Å². The van der Waals surface area contributed by atoms with Gasteiger partial charge in [-0.25, -0.2) is 0 Å². The Labute approximate surface area is 64.0 Å². The Balaban J connectivity index is 3.66. The van der Waals surface area contributed by atoms with E-state index in [-0.39, 0.29) is 5.73 Å². The van der Waals surface area contributed by atoms with E-state index < -0.39 is 8.80 Å². The Morgan fingerprint density at radius 3 is 2.30 bits per heavy atom. The summed E-state index contributed by atoms with van der Waals surface area (Å²) in [4.78, 5) is 0. The zero-order valence-corrected chi connectivity index (χ0v) is 8.23. The molecule has 0 aliphatic rings. The molecule has 0 saturated carbocycles. The third-order valence-electron chi connectivity index (χ3n) is 1.13. The molecule has 10 heavy (non-hydrogen) atoms. The van der Waals surface area contributed by atoms with Gasteiger partial charge in [-0.2, -0.15) is 5.10 Å². The van der Waals surface area contributed by atoms with Crippen molar-refractivity contribution in [1.82, 2.24) is 5.01 Å². The Kier molecular flexibility index (Phi) is 4.30. The molecule has 0 rings (SSSR count). The monoisotopic (exact) mass is 160 g/mol. The van der Waals surface area contributed by atoms with Crippen molar-refractivity contribution in [2.75, 3.05) is 14.1 Å². The fraction of sp³-hybridized carbons (Fsp3) is 0.833. The summed E-state index contributed by atoms with van der Waals surface area (Å²) in [5.41, 5.74) is -0.289. The van der Waals surface area contributed by atoms with Crippen LogP contribution in [0.25, 0.3) is 0 Å². The molecule has 0 aromatic heterocycles. The lowest BCUT2D eigenvalue weighted by molar-refractivity contribution is 0.312. The zero-order valence-electron chi connectivity index (χ0n) is 7.07. The van der Waals surface area contributed by atoms with Crippen molar-refractivity contribution in [3.63, 3.8) is 0 Å². The van der Waals surface area contributed by atoms with Crippen LogP contribution in [0.3, 0.4) is 0 Å². The van der Waals surface area contributed by atoms with Crippen LogP contribution >= 0.6 is 0 Å². The highest BCUT2D eigenvalue weighted by Gasteiger charge is 2.05. The highest BCUT2D eigenvalue weighted by molar-refractivity contribution is 6.60. The first-order chi connectivity index (χ1) is 4.54. The molecule has 0 saturated heterocycles. The minimum Gasteiger partial charge on any atom is -0.391 e. The second-order valence-corrected chi connectivity index (χ2v) is 6.02. The summed E-state index contributed by atoms with van der Waals surface area (Å²) in [5, 5.41) is 14.9. The molecule has 0 spiro atoms. The molecule has 0 fully saturated rings.